The molecule has 2 N–H and O–H groups in total. The highest BCUT2D eigenvalue weighted by Crippen LogP contribution is 2.35. The second-order valence-electron chi connectivity index (χ2n) is 18.8. The van der Waals surface area contributed by atoms with Gasteiger partial charge >= 0.3 is 12.2 Å². The van der Waals surface area contributed by atoms with Gasteiger partial charge in [0.05, 0.1) is 24.5 Å². The Bertz CT molecular complexity index is 2680. The summed E-state index contributed by atoms with van der Waals surface area (Å²) in [5, 5.41) is 5.75. The zero-order valence-corrected chi connectivity index (χ0v) is 37.8. The van der Waals surface area contributed by atoms with Crippen molar-refractivity contribution in [1.29, 1.82) is 0 Å². The van der Waals surface area contributed by atoms with Crippen molar-refractivity contribution in [1.82, 2.24) is 9.80 Å². The minimum atomic E-state index is -1.34. The zero-order valence-electron chi connectivity index (χ0n) is 37.8. The summed E-state index contributed by atoms with van der Waals surface area (Å²) in [5.41, 5.74) is 4.15. The first-order valence-corrected chi connectivity index (χ1v) is 21.6. The number of terminal acetylenes is 1. The topological polar surface area (TPSA) is 159 Å². The predicted molar refractivity (Wildman–Crippen MR) is 260 cm³/mol. The standard InChI is InChI=1S/C26H26FN3O3.C25H26FN3O4.2CH4/c1-5-26(12-13-30(16-26)24(32)33-25(2,3)4)23(31)29-20-11-8-18-15-28-22(21(18)14-20)17-6-9-19(27)10-7-17;1-24(2,3)33-23(32)29-11-10-25(14-29,15-30)22(31)28-19-9-6-17-13-27-21(20(17)12-19)16-4-7-18(26)8-5-16;;/h1,6-11,14H,12-13,15-16H2,2-4H3,(H,29,31);4-9,12,15H,10-11,13-14H2,1-3H3,(H,28,31);2*1H4. The van der Waals surface area contributed by atoms with Crippen molar-refractivity contribution in [2.75, 3.05) is 36.8 Å². The van der Waals surface area contributed by atoms with Crippen LogP contribution in [0.3, 0.4) is 0 Å². The maximum atomic E-state index is 13.3. The van der Waals surface area contributed by atoms with Crippen molar-refractivity contribution in [2.45, 2.75) is 93.5 Å². The molecule has 0 aromatic heterocycles. The molecule has 0 radical (unpaired) electrons. The lowest BCUT2D eigenvalue weighted by molar-refractivity contribution is -0.131. The Hall–Kier alpha value is -7.21. The molecular formula is C53H60F2N6O7. The van der Waals surface area contributed by atoms with Gasteiger partial charge in [-0.15, -0.1) is 6.42 Å². The Morgan fingerprint density at radius 3 is 1.51 bits per heavy atom. The van der Waals surface area contributed by atoms with E-state index in [1.54, 1.807) is 71.9 Å². The smallest absolute Gasteiger partial charge is 0.410 e. The van der Waals surface area contributed by atoms with Crippen LogP contribution < -0.4 is 10.6 Å². The van der Waals surface area contributed by atoms with E-state index in [9.17, 15) is 32.8 Å². The third-order valence-corrected chi connectivity index (χ3v) is 11.6. The number of rotatable bonds is 7. The van der Waals surface area contributed by atoms with Gasteiger partial charge in [-0.1, -0.05) is 32.9 Å². The molecule has 2 saturated heterocycles. The number of carbonyl (C=O) groups is 5. The van der Waals surface area contributed by atoms with E-state index in [0.29, 0.717) is 43.7 Å². The first-order chi connectivity index (χ1) is 31.2. The minimum Gasteiger partial charge on any atom is -0.444 e. The molecule has 2 atom stereocenters. The fourth-order valence-electron chi connectivity index (χ4n) is 8.05. The van der Waals surface area contributed by atoms with E-state index < -0.39 is 40.1 Å². The minimum absolute atomic E-state index is 0. The SMILES string of the molecule is C.C.C#CC1(C(=O)Nc2ccc3c(c2)C(c2ccc(F)cc2)=NC3)CCN(C(=O)OC(C)(C)C)C1.CC(C)(C)OC(=O)N1CCC(C=O)(C(=O)Nc2ccc3c(c2)C(c2ccc(F)cc2)=NC3)C1. The molecule has 68 heavy (non-hydrogen) atoms. The number of nitrogens with zero attached hydrogens (tertiary/aromatic N) is 4. The Morgan fingerprint density at radius 1 is 0.662 bits per heavy atom. The average molecular weight is 931 g/mol. The van der Waals surface area contributed by atoms with Crippen molar-refractivity contribution in [3.05, 3.63) is 130 Å². The Balaban J connectivity index is 0.000000247. The molecule has 0 saturated carbocycles. The second-order valence-corrected chi connectivity index (χ2v) is 18.8. The molecule has 4 heterocycles. The van der Waals surface area contributed by atoms with E-state index in [4.69, 9.17) is 15.9 Å². The number of anilines is 2. The van der Waals surface area contributed by atoms with Gasteiger partial charge in [-0.2, -0.15) is 0 Å². The van der Waals surface area contributed by atoms with Crippen LogP contribution in [0.4, 0.5) is 29.7 Å². The van der Waals surface area contributed by atoms with Crippen molar-refractivity contribution in [2.24, 2.45) is 20.8 Å². The number of carbonyl (C=O) groups excluding carboxylic acids is 5. The van der Waals surface area contributed by atoms with Gasteiger partial charge in [0.15, 0.2) is 0 Å². The van der Waals surface area contributed by atoms with Crippen LogP contribution in [0.2, 0.25) is 0 Å². The third kappa shape index (κ3) is 11.5. The number of amides is 4. The van der Waals surface area contributed by atoms with Gasteiger partial charge in [-0.25, -0.2) is 18.4 Å². The molecule has 8 rings (SSSR count). The molecule has 358 valence electrons. The molecule has 4 aliphatic rings. The summed E-state index contributed by atoms with van der Waals surface area (Å²) in [6.07, 6.45) is 5.93. The lowest BCUT2D eigenvalue weighted by Crippen LogP contribution is -2.42. The van der Waals surface area contributed by atoms with Gasteiger partial charge in [-0.3, -0.25) is 19.6 Å². The maximum absolute atomic E-state index is 13.3. The number of halogens is 2. The van der Waals surface area contributed by atoms with Gasteiger partial charge in [0.25, 0.3) is 0 Å². The molecule has 4 aromatic rings. The predicted octanol–water partition coefficient (Wildman–Crippen LogP) is 9.59. The molecule has 0 aliphatic carbocycles. The number of nitrogens with one attached hydrogen (secondary N) is 2. The third-order valence-electron chi connectivity index (χ3n) is 11.6. The number of fused-ring (bicyclic) bond motifs is 2. The van der Waals surface area contributed by atoms with Gasteiger partial charge in [0.1, 0.15) is 40.0 Å². The van der Waals surface area contributed by atoms with Crippen LogP contribution in [0.1, 0.15) is 103 Å². The highest BCUT2D eigenvalue weighted by molar-refractivity contribution is 6.17. The number of aliphatic imine (C=N–C) groups is 2. The van der Waals surface area contributed by atoms with E-state index in [-0.39, 0.29) is 58.5 Å². The van der Waals surface area contributed by atoms with Crippen LogP contribution >= 0.6 is 0 Å². The number of aldehydes is 1. The van der Waals surface area contributed by atoms with Crippen molar-refractivity contribution in [3.8, 4) is 12.3 Å². The van der Waals surface area contributed by atoms with Crippen molar-refractivity contribution in [3.63, 3.8) is 0 Å². The van der Waals surface area contributed by atoms with Gasteiger partial charge < -0.3 is 34.7 Å². The van der Waals surface area contributed by atoms with Crippen LogP contribution in [0.5, 0.6) is 0 Å². The number of hydrogen-bond acceptors (Lipinski definition) is 9. The normalized spacial score (nSPS) is 19.0. The first kappa shape index (κ1) is 51.8. The van der Waals surface area contributed by atoms with Crippen LogP contribution in [-0.2, 0) is 36.9 Å². The molecule has 0 bridgehead atoms. The average Bonchev–Trinajstić information content (AvgIpc) is 4.09. The Morgan fingerprint density at radius 2 is 1.09 bits per heavy atom. The number of likely N-dealkylation sites (tertiary alicyclic amines) is 2. The second kappa shape index (κ2) is 20.3. The quantitative estimate of drug-likeness (QED) is 0.106. The van der Waals surface area contributed by atoms with Crippen LogP contribution in [-0.4, -0.2) is 88.9 Å². The zero-order chi connectivity index (χ0) is 47.6. The fourth-order valence-corrected chi connectivity index (χ4v) is 8.05. The highest BCUT2D eigenvalue weighted by Gasteiger charge is 2.48. The first-order valence-electron chi connectivity index (χ1n) is 21.6. The van der Waals surface area contributed by atoms with Gasteiger partial charge in [0.2, 0.25) is 11.8 Å². The lowest BCUT2D eigenvalue weighted by atomic mass is 9.87. The molecule has 4 aliphatic heterocycles. The molecule has 4 amide bonds. The Kier molecular flexibility index (Phi) is 15.5. The van der Waals surface area contributed by atoms with Gasteiger partial charge in [0, 0.05) is 59.8 Å². The van der Waals surface area contributed by atoms with Gasteiger partial charge in [-0.05, 0) is 138 Å². The monoisotopic (exact) mass is 930 g/mol. The van der Waals surface area contributed by atoms with E-state index >= 15 is 0 Å². The highest BCUT2D eigenvalue weighted by atomic mass is 19.1. The summed E-state index contributed by atoms with van der Waals surface area (Å²) >= 11 is 0. The largest absolute Gasteiger partial charge is 0.444 e. The fraction of sp³-hybridized carbons (Fsp3) is 0.377. The number of hydrogen-bond donors (Lipinski definition) is 2. The van der Waals surface area contributed by atoms with Crippen molar-refractivity contribution >= 4 is 53.1 Å². The van der Waals surface area contributed by atoms with E-state index in [0.717, 1.165) is 44.8 Å². The molecular weight excluding hydrogens is 871 g/mol. The summed E-state index contributed by atoms with van der Waals surface area (Å²) in [6.45, 7) is 12.3. The van der Waals surface area contributed by atoms with E-state index in [1.165, 1.54) is 34.1 Å². The van der Waals surface area contributed by atoms with Crippen molar-refractivity contribution < 1.29 is 42.2 Å². The summed E-state index contributed by atoms with van der Waals surface area (Å²) < 4.78 is 37.4. The molecule has 13 nitrogen and oxygen atoms in total. The summed E-state index contributed by atoms with van der Waals surface area (Å²) in [7, 11) is 0. The lowest BCUT2D eigenvalue weighted by Gasteiger charge is -2.26. The Labute approximate surface area is 397 Å². The molecule has 0 spiro atoms. The van der Waals surface area contributed by atoms with Crippen LogP contribution in [0, 0.1) is 34.8 Å². The molecule has 2 fully saturated rings. The van der Waals surface area contributed by atoms with E-state index in [2.05, 4.69) is 26.5 Å². The molecule has 2 unspecified atom stereocenters. The molecule has 4 aromatic carbocycles. The number of ether oxygens (including phenoxy) is 2. The van der Waals surface area contributed by atoms with E-state index in [1.807, 2.05) is 30.3 Å². The van der Waals surface area contributed by atoms with Crippen LogP contribution in [0.15, 0.2) is 94.9 Å². The molecule has 15 heteroatoms. The summed E-state index contributed by atoms with van der Waals surface area (Å²) in [5.74, 6) is 1.17. The maximum Gasteiger partial charge on any atom is 0.410 e. The number of benzene rings is 4. The van der Waals surface area contributed by atoms with Crippen LogP contribution in [0.25, 0.3) is 0 Å². The summed E-state index contributed by atoms with van der Waals surface area (Å²) in [6, 6.07) is 23.3. The summed E-state index contributed by atoms with van der Waals surface area (Å²) in [4.78, 5) is 75.1.